The van der Waals surface area contributed by atoms with Crippen molar-refractivity contribution in [3.05, 3.63) is 29.8 Å². The van der Waals surface area contributed by atoms with E-state index in [2.05, 4.69) is 5.92 Å². The molecule has 0 unspecified atom stereocenters. The number of benzene rings is 1. The predicted octanol–water partition coefficient (Wildman–Crippen LogP) is 0.664. The average molecular weight is 238 g/mol. The molecule has 4 nitrogen and oxygen atoms in total. The molecular weight excluding hydrogens is 224 g/mol. The van der Waals surface area contributed by atoms with Crippen molar-refractivity contribution < 1.29 is 8.42 Å². The van der Waals surface area contributed by atoms with Gasteiger partial charge in [-0.3, -0.25) is 0 Å². The quantitative estimate of drug-likeness (QED) is 0.619. The van der Waals surface area contributed by atoms with Gasteiger partial charge in [-0.2, -0.15) is 4.31 Å². The molecule has 16 heavy (non-hydrogen) atoms. The Balaban J connectivity index is 2.85. The maximum absolute atomic E-state index is 11.8. The van der Waals surface area contributed by atoms with Crippen LogP contribution in [-0.4, -0.2) is 26.3 Å². The lowest BCUT2D eigenvalue weighted by molar-refractivity contribution is 0.502. The number of nitrogen functional groups attached to an aromatic ring is 1. The van der Waals surface area contributed by atoms with Crippen LogP contribution in [0.4, 0.5) is 5.69 Å². The van der Waals surface area contributed by atoms with Crippen LogP contribution in [0.1, 0.15) is 5.56 Å². The summed E-state index contributed by atoms with van der Waals surface area (Å²) in [6.45, 7) is 0.0741. The second-order valence-corrected chi connectivity index (χ2v) is 5.54. The number of sulfonamides is 1. The number of rotatable bonds is 4. The van der Waals surface area contributed by atoms with Crippen LogP contribution in [0.2, 0.25) is 0 Å². The fourth-order valence-corrected chi connectivity index (χ4v) is 2.32. The van der Waals surface area contributed by atoms with Crippen molar-refractivity contribution in [3.8, 4) is 12.3 Å². The molecule has 5 heteroatoms. The largest absolute Gasteiger partial charge is 0.399 e. The van der Waals surface area contributed by atoms with E-state index in [-0.39, 0.29) is 12.3 Å². The predicted molar refractivity (Wildman–Crippen MR) is 64.9 cm³/mol. The summed E-state index contributed by atoms with van der Waals surface area (Å²) >= 11 is 0. The van der Waals surface area contributed by atoms with Crippen molar-refractivity contribution >= 4 is 15.7 Å². The Bertz CT molecular complexity index is 503. The van der Waals surface area contributed by atoms with E-state index in [1.54, 1.807) is 24.3 Å². The third kappa shape index (κ3) is 3.26. The van der Waals surface area contributed by atoms with Gasteiger partial charge in [-0.1, -0.05) is 18.1 Å². The molecule has 0 fully saturated rings. The minimum atomic E-state index is -3.36. The second-order valence-electron chi connectivity index (χ2n) is 3.46. The Hall–Kier alpha value is -1.51. The van der Waals surface area contributed by atoms with Gasteiger partial charge in [0, 0.05) is 12.7 Å². The molecule has 86 valence electrons. The van der Waals surface area contributed by atoms with Crippen molar-refractivity contribution in [2.24, 2.45) is 0 Å². The zero-order valence-electron chi connectivity index (χ0n) is 9.05. The van der Waals surface area contributed by atoms with Gasteiger partial charge in [0.15, 0.2) is 0 Å². The molecule has 0 aliphatic rings. The standard InChI is InChI=1S/C11H14N2O2S/c1-3-7-13(2)16(14,15)9-10-5-4-6-11(12)8-10/h1,4-6,8H,7,9,12H2,2H3. The van der Waals surface area contributed by atoms with Crippen LogP contribution in [0.5, 0.6) is 0 Å². The van der Waals surface area contributed by atoms with E-state index in [9.17, 15) is 8.42 Å². The number of anilines is 1. The zero-order valence-corrected chi connectivity index (χ0v) is 9.87. The topological polar surface area (TPSA) is 63.4 Å². The van der Waals surface area contributed by atoms with E-state index in [1.807, 2.05) is 0 Å². The van der Waals surface area contributed by atoms with Crippen molar-refractivity contribution in [1.29, 1.82) is 0 Å². The van der Waals surface area contributed by atoms with Crippen LogP contribution >= 0.6 is 0 Å². The number of nitrogens with two attached hydrogens (primary N) is 1. The molecule has 0 aromatic heterocycles. The Morgan fingerprint density at radius 1 is 1.50 bits per heavy atom. The average Bonchev–Trinajstić information content (AvgIpc) is 2.17. The van der Waals surface area contributed by atoms with Gasteiger partial charge in [0.1, 0.15) is 0 Å². The van der Waals surface area contributed by atoms with Crippen molar-refractivity contribution in [1.82, 2.24) is 4.31 Å². The lowest BCUT2D eigenvalue weighted by Crippen LogP contribution is -2.28. The Labute approximate surface area is 96.1 Å². The molecule has 0 amide bonds. The molecule has 1 aromatic rings. The van der Waals surface area contributed by atoms with Crippen LogP contribution in [0.3, 0.4) is 0 Å². The van der Waals surface area contributed by atoms with Gasteiger partial charge in [0.05, 0.1) is 12.3 Å². The molecule has 0 spiro atoms. The molecule has 0 saturated carbocycles. The van der Waals surface area contributed by atoms with E-state index in [0.29, 0.717) is 11.3 Å². The monoisotopic (exact) mass is 238 g/mol. The summed E-state index contributed by atoms with van der Waals surface area (Å²) in [5, 5.41) is 0. The zero-order chi connectivity index (χ0) is 12.2. The second kappa shape index (κ2) is 5.01. The lowest BCUT2D eigenvalue weighted by atomic mass is 10.2. The third-order valence-corrected chi connectivity index (χ3v) is 3.87. The van der Waals surface area contributed by atoms with E-state index in [0.717, 1.165) is 4.31 Å². The number of hydrogen-bond acceptors (Lipinski definition) is 3. The highest BCUT2D eigenvalue weighted by Gasteiger charge is 2.17. The van der Waals surface area contributed by atoms with E-state index in [4.69, 9.17) is 12.2 Å². The summed E-state index contributed by atoms with van der Waals surface area (Å²) in [6, 6.07) is 6.79. The van der Waals surface area contributed by atoms with Crippen LogP contribution in [0.15, 0.2) is 24.3 Å². The first-order chi connectivity index (χ1) is 7.45. The first kappa shape index (κ1) is 12.6. The molecule has 2 N–H and O–H groups in total. The molecule has 0 aliphatic carbocycles. The summed E-state index contributed by atoms with van der Waals surface area (Å²) in [7, 11) is -1.90. The van der Waals surface area contributed by atoms with Gasteiger partial charge in [0.2, 0.25) is 10.0 Å². The number of terminal acetylenes is 1. The van der Waals surface area contributed by atoms with Gasteiger partial charge < -0.3 is 5.73 Å². The molecule has 1 aromatic carbocycles. The highest BCUT2D eigenvalue weighted by Crippen LogP contribution is 2.12. The molecular formula is C11H14N2O2S. The van der Waals surface area contributed by atoms with Crippen LogP contribution in [-0.2, 0) is 15.8 Å². The normalized spacial score (nSPS) is 11.3. The Morgan fingerprint density at radius 2 is 2.19 bits per heavy atom. The minimum Gasteiger partial charge on any atom is -0.399 e. The first-order valence-electron chi connectivity index (χ1n) is 4.67. The maximum Gasteiger partial charge on any atom is 0.218 e. The summed E-state index contributed by atoms with van der Waals surface area (Å²) < 4.78 is 24.7. The van der Waals surface area contributed by atoms with Gasteiger partial charge >= 0.3 is 0 Å². The van der Waals surface area contributed by atoms with Crippen LogP contribution in [0, 0.1) is 12.3 Å². The van der Waals surface area contributed by atoms with E-state index >= 15 is 0 Å². The molecule has 0 radical (unpaired) electrons. The minimum absolute atomic E-state index is 0.0741. The summed E-state index contributed by atoms with van der Waals surface area (Å²) in [5.41, 5.74) is 6.78. The maximum atomic E-state index is 11.8. The van der Waals surface area contributed by atoms with Crippen LogP contribution < -0.4 is 5.73 Å². The SMILES string of the molecule is C#CCN(C)S(=O)(=O)Cc1cccc(N)c1. The van der Waals surface area contributed by atoms with Gasteiger partial charge in [-0.05, 0) is 17.7 Å². The fourth-order valence-electron chi connectivity index (χ4n) is 1.23. The fraction of sp³-hybridized carbons (Fsp3) is 0.273. The van der Waals surface area contributed by atoms with E-state index in [1.165, 1.54) is 7.05 Å². The molecule has 0 saturated heterocycles. The highest BCUT2D eigenvalue weighted by atomic mass is 32.2. The smallest absolute Gasteiger partial charge is 0.218 e. The lowest BCUT2D eigenvalue weighted by Gasteiger charge is -2.14. The molecule has 0 aliphatic heterocycles. The van der Waals surface area contributed by atoms with Crippen molar-refractivity contribution in [3.63, 3.8) is 0 Å². The Kier molecular flexibility index (Phi) is 3.93. The summed E-state index contributed by atoms with van der Waals surface area (Å²) in [5.74, 6) is 2.21. The van der Waals surface area contributed by atoms with Crippen molar-refractivity contribution in [2.45, 2.75) is 5.75 Å². The van der Waals surface area contributed by atoms with Crippen LogP contribution in [0.25, 0.3) is 0 Å². The third-order valence-electron chi connectivity index (χ3n) is 2.09. The summed E-state index contributed by atoms with van der Waals surface area (Å²) in [6.07, 6.45) is 5.07. The van der Waals surface area contributed by atoms with Gasteiger partial charge in [-0.15, -0.1) is 6.42 Å². The molecule has 1 rings (SSSR count). The molecule has 0 atom stereocenters. The first-order valence-corrected chi connectivity index (χ1v) is 6.28. The summed E-state index contributed by atoms with van der Waals surface area (Å²) in [4.78, 5) is 0. The van der Waals surface area contributed by atoms with E-state index < -0.39 is 10.0 Å². The van der Waals surface area contributed by atoms with Gasteiger partial charge in [0.25, 0.3) is 0 Å². The van der Waals surface area contributed by atoms with Crippen molar-refractivity contribution in [2.75, 3.05) is 19.3 Å². The molecule has 0 bridgehead atoms. The number of nitrogens with zero attached hydrogens (tertiary/aromatic N) is 1. The number of hydrogen-bond donors (Lipinski definition) is 1. The van der Waals surface area contributed by atoms with Gasteiger partial charge in [-0.25, -0.2) is 8.42 Å². The Morgan fingerprint density at radius 3 is 2.75 bits per heavy atom. The highest BCUT2D eigenvalue weighted by molar-refractivity contribution is 7.88. The molecule has 0 heterocycles.